The molecule has 0 aliphatic rings. The maximum Gasteiger partial charge on any atom is 0.339 e. The predicted octanol–water partition coefficient (Wildman–Crippen LogP) is 3.22. The summed E-state index contributed by atoms with van der Waals surface area (Å²) in [5.74, 6) is -0.712. The molecule has 0 N–H and O–H groups in total. The number of esters is 1. The molecule has 0 saturated carbocycles. The average Bonchev–Trinajstić information content (AvgIpc) is 2.33. The van der Waals surface area contributed by atoms with Gasteiger partial charge in [-0.25, -0.2) is 4.79 Å². The summed E-state index contributed by atoms with van der Waals surface area (Å²) in [6.45, 7) is 5.93. The van der Waals surface area contributed by atoms with Gasteiger partial charge in [0.1, 0.15) is 11.6 Å². The van der Waals surface area contributed by atoms with E-state index < -0.39 is 10.9 Å². The Hall–Kier alpha value is -1.66. The third-order valence-corrected chi connectivity index (χ3v) is 2.64. The molecule has 0 bridgehead atoms. The van der Waals surface area contributed by atoms with E-state index in [-0.39, 0.29) is 35.1 Å². The topological polar surface area (TPSA) is 78.7 Å². The summed E-state index contributed by atoms with van der Waals surface area (Å²) in [7, 11) is 0. The number of carbonyl (C=O) groups is 1. The van der Waals surface area contributed by atoms with Crippen molar-refractivity contribution in [2.45, 2.75) is 26.4 Å². The third-order valence-electron chi connectivity index (χ3n) is 2.25. The number of halogens is 1. The number of nitro groups is 1. The van der Waals surface area contributed by atoms with Gasteiger partial charge in [0.05, 0.1) is 22.7 Å². The third kappa shape index (κ3) is 4.79. The van der Waals surface area contributed by atoms with Crippen LogP contribution in [0, 0.1) is 10.1 Å². The molecule has 7 heteroatoms. The molecule has 0 radical (unpaired) electrons. The van der Waals surface area contributed by atoms with Crippen LogP contribution in [0.15, 0.2) is 18.2 Å². The molecule has 1 aromatic rings. The minimum absolute atomic E-state index is 0.0309. The Kier molecular flexibility index (Phi) is 5.47. The van der Waals surface area contributed by atoms with E-state index in [1.54, 1.807) is 0 Å². The molecule has 0 aliphatic heterocycles. The van der Waals surface area contributed by atoms with Gasteiger partial charge in [0.2, 0.25) is 0 Å². The zero-order valence-corrected chi connectivity index (χ0v) is 12.3. The van der Waals surface area contributed by atoms with Crippen molar-refractivity contribution in [3.05, 3.63) is 38.9 Å². The molecule has 6 nitrogen and oxygen atoms in total. The number of hydrogen-bond acceptors (Lipinski definition) is 5. The van der Waals surface area contributed by atoms with Gasteiger partial charge in [-0.2, -0.15) is 0 Å². The zero-order valence-electron chi connectivity index (χ0n) is 11.5. The number of rotatable bonds is 5. The molecule has 110 valence electrons. The van der Waals surface area contributed by atoms with Crippen molar-refractivity contribution in [1.29, 1.82) is 0 Å². The van der Waals surface area contributed by atoms with Crippen LogP contribution >= 0.6 is 11.6 Å². The second-order valence-corrected chi connectivity index (χ2v) is 5.37. The van der Waals surface area contributed by atoms with Crippen molar-refractivity contribution in [3.63, 3.8) is 0 Å². The summed E-state index contributed by atoms with van der Waals surface area (Å²) in [4.78, 5) is 21.8. The molecule has 0 aromatic heterocycles. The fourth-order valence-electron chi connectivity index (χ4n) is 1.38. The Morgan fingerprint density at radius 3 is 2.55 bits per heavy atom. The number of hydrogen-bond donors (Lipinski definition) is 0. The van der Waals surface area contributed by atoms with Crippen molar-refractivity contribution < 1.29 is 19.2 Å². The summed E-state index contributed by atoms with van der Waals surface area (Å²) in [6, 6.07) is 3.98. The fraction of sp³-hybridized carbons (Fsp3) is 0.462. The Bertz CT molecular complexity index is 510. The minimum Gasteiger partial charge on any atom is -0.460 e. The van der Waals surface area contributed by atoms with Gasteiger partial charge < -0.3 is 9.47 Å². The second kappa shape index (κ2) is 6.67. The van der Waals surface area contributed by atoms with E-state index in [4.69, 9.17) is 21.1 Å². The molecular weight excluding hydrogens is 286 g/mol. The second-order valence-electron chi connectivity index (χ2n) is 4.99. The lowest BCUT2D eigenvalue weighted by atomic mass is 10.2. The number of carbonyl (C=O) groups excluding carboxylic acids is 1. The molecule has 0 fully saturated rings. The number of nitrogens with zero attached hydrogens (tertiary/aromatic N) is 1. The van der Waals surface area contributed by atoms with Gasteiger partial charge in [-0.3, -0.25) is 10.1 Å². The Morgan fingerprint density at radius 2 is 2.00 bits per heavy atom. The Morgan fingerprint density at radius 1 is 1.35 bits per heavy atom. The molecule has 0 spiro atoms. The highest BCUT2D eigenvalue weighted by Crippen LogP contribution is 2.28. The standard InChI is InChI=1S/C13H16ClNO5/c1-13(2,3)20-8-7-19-12(16)9-5-4-6-10(11(9)14)15(17)18/h4-6H,7-8H2,1-3H3. The van der Waals surface area contributed by atoms with Gasteiger partial charge in [-0.05, 0) is 26.8 Å². The van der Waals surface area contributed by atoms with Gasteiger partial charge in [-0.1, -0.05) is 17.7 Å². The summed E-state index contributed by atoms with van der Waals surface area (Å²) in [6.07, 6.45) is 0. The van der Waals surface area contributed by atoms with E-state index >= 15 is 0 Å². The van der Waals surface area contributed by atoms with E-state index in [0.717, 1.165) is 0 Å². The van der Waals surface area contributed by atoms with Crippen LogP contribution in [0.5, 0.6) is 0 Å². The molecule has 0 heterocycles. The first-order chi connectivity index (χ1) is 9.22. The molecule has 0 amide bonds. The maximum atomic E-state index is 11.8. The van der Waals surface area contributed by atoms with Gasteiger partial charge in [-0.15, -0.1) is 0 Å². The molecule has 0 unspecified atom stereocenters. The number of benzene rings is 1. The van der Waals surface area contributed by atoms with Gasteiger partial charge in [0.15, 0.2) is 0 Å². The van der Waals surface area contributed by atoms with Crippen LogP contribution in [0.2, 0.25) is 5.02 Å². The van der Waals surface area contributed by atoms with E-state index in [1.165, 1.54) is 18.2 Å². The Labute approximate surface area is 121 Å². The van der Waals surface area contributed by atoms with E-state index in [9.17, 15) is 14.9 Å². The van der Waals surface area contributed by atoms with Crippen LogP contribution in [-0.4, -0.2) is 29.7 Å². The molecule has 1 rings (SSSR count). The average molecular weight is 302 g/mol. The van der Waals surface area contributed by atoms with Crippen LogP contribution in [0.1, 0.15) is 31.1 Å². The van der Waals surface area contributed by atoms with Crippen molar-refractivity contribution in [2.24, 2.45) is 0 Å². The van der Waals surface area contributed by atoms with E-state index in [2.05, 4.69) is 0 Å². The highest BCUT2D eigenvalue weighted by molar-refractivity contribution is 6.35. The molecule has 0 atom stereocenters. The Balaban J connectivity index is 2.65. The normalized spacial score (nSPS) is 11.2. The van der Waals surface area contributed by atoms with Crippen LogP contribution in [0.4, 0.5) is 5.69 Å². The summed E-state index contributed by atoms with van der Waals surface area (Å²) in [5, 5.41) is 10.5. The molecule has 20 heavy (non-hydrogen) atoms. The van der Waals surface area contributed by atoms with Crippen LogP contribution in [-0.2, 0) is 9.47 Å². The lowest BCUT2D eigenvalue weighted by Gasteiger charge is -2.19. The van der Waals surface area contributed by atoms with Crippen molar-refractivity contribution in [1.82, 2.24) is 0 Å². The maximum absolute atomic E-state index is 11.8. The lowest BCUT2D eigenvalue weighted by Crippen LogP contribution is -2.22. The first-order valence-corrected chi connectivity index (χ1v) is 6.34. The summed E-state index contributed by atoms with van der Waals surface area (Å²) in [5.41, 5.74) is -0.682. The molecule has 0 saturated heterocycles. The van der Waals surface area contributed by atoms with Crippen molar-refractivity contribution >= 4 is 23.3 Å². The molecule has 0 aliphatic carbocycles. The molecule has 1 aromatic carbocycles. The largest absolute Gasteiger partial charge is 0.460 e. The number of nitro benzene ring substituents is 1. The summed E-state index contributed by atoms with van der Waals surface area (Å²) >= 11 is 5.81. The smallest absolute Gasteiger partial charge is 0.339 e. The highest BCUT2D eigenvalue weighted by Gasteiger charge is 2.21. The first kappa shape index (κ1) is 16.4. The highest BCUT2D eigenvalue weighted by atomic mass is 35.5. The summed E-state index contributed by atoms with van der Waals surface area (Å²) < 4.78 is 10.4. The first-order valence-electron chi connectivity index (χ1n) is 5.96. The zero-order chi connectivity index (χ0) is 15.3. The SMILES string of the molecule is CC(C)(C)OCCOC(=O)c1cccc([N+](=O)[O-])c1Cl. The fourth-order valence-corrected chi connectivity index (χ4v) is 1.65. The number of ether oxygens (including phenoxy) is 2. The quantitative estimate of drug-likeness (QED) is 0.361. The van der Waals surface area contributed by atoms with Crippen LogP contribution in [0.3, 0.4) is 0 Å². The predicted molar refractivity (Wildman–Crippen MR) is 74.1 cm³/mol. The van der Waals surface area contributed by atoms with Crippen molar-refractivity contribution in [3.8, 4) is 0 Å². The van der Waals surface area contributed by atoms with Crippen LogP contribution in [0.25, 0.3) is 0 Å². The molecular formula is C13H16ClNO5. The minimum atomic E-state index is -0.712. The monoisotopic (exact) mass is 301 g/mol. The van der Waals surface area contributed by atoms with Crippen LogP contribution < -0.4 is 0 Å². The van der Waals surface area contributed by atoms with E-state index in [1.807, 2.05) is 20.8 Å². The van der Waals surface area contributed by atoms with Gasteiger partial charge in [0.25, 0.3) is 5.69 Å². The van der Waals surface area contributed by atoms with Gasteiger partial charge >= 0.3 is 5.97 Å². The van der Waals surface area contributed by atoms with Gasteiger partial charge in [0, 0.05) is 6.07 Å². The lowest BCUT2D eigenvalue weighted by molar-refractivity contribution is -0.384. The van der Waals surface area contributed by atoms with E-state index in [0.29, 0.717) is 0 Å². The van der Waals surface area contributed by atoms with Crippen molar-refractivity contribution in [2.75, 3.05) is 13.2 Å².